The molecule has 2 N–H and O–H groups in total. The zero-order chi connectivity index (χ0) is 13.7. The van der Waals surface area contributed by atoms with Crippen LogP contribution in [0.3, 0.4) is 0 Å². The molecule has 0 unspecified atom stereocenters. The Balaban J connectivity index is 1.95. The number of nitrogens with zero attached hydrogens (tertiary/aromatic N) is 2. The Kier molecular flexibility index (Phi) is 4.76. The molecule has 1 saturated heterocycles. The van der Waals surface area contributed by atoms with Gasteiger partial charge in [-0.25, -0.2) is 0 Å². The molecule has 5 heteroatoms. The van der Waals surface area contributed by atoms with E-state index in [4.69, 9.17) is 10.5 Å². The molecule has 19 heavy (non-hydrogen) atoms. The highest BCUT2D eigenvalue weighted by molar-refractivity contribution is 5.94. The predicted octanol–water partition coefficient (Wildman–Crippen LogP) is 0.412. The van der Waals surface area contributed by atoms with Gasteiger partial charge >= 0.3 is 0 Å². The van der Waals surface area contributed by atoms with Crippen molar-refractivity contribution in [2.45, 2.75) is 0 Å². The first-order valence-electron chi connectivity index (χ1n) is 6.61. The minimum atomic E-state index is 0.0958. The van der Waals surface area contributed by atoms with Crippen LogP contribution in [-0.2, 0) is 0 Å². The second-order valence-electron chi connectivity index (χ2n) is 4.76. The maximum Gasteiger partial charge on any atom is 0.253 e. The number of hydrogen-bond acceptors (Lipinski definition) is 4. The zero-order valence-electron chi connectivity index (χ0n) is 11.3. The molecule has 1 aromatic rings. The number of rotatable bonds is 4. The highest BCUT2D eigenvalue weighted by Gasteiger charge is 2.20. The van der Waals surface area contributed by atoms with E-state index in [-0.39, 0.29) is 5.91 Å². The molecule has 0 aromatic heterocycles. The Bertz CT molecular complexity index is 411. The third kappa shape index (κ3) is 3.68. The number of amides is 1. The summed E-state index contributed by atoms with van der Waals surface area (Å²) in [6.45, 7) is 4.43. The van der Waals surface area contributed by atoms with E-state index in [1.807, 2.05) is 29.2 Å². The molecule has 104 valence electrons. The van der Waals surface area contributed by atoms with E-state index in [9.17, 15) is 4.79 Å². The van der Waals surface area contributed by atoms with Gasteiger partial charge in [0.15, 0.2) is 0 Å². The van der Waals surface area contributed by atoms with Crippen molar-refractivity contribution < 1.29 is 9.53 Å². The standard InChI is InChI=1S/C14H21N3O2/c1-16-7-9-17(10-8-16)14(18)12-2-4-13(5-3-12)19-11-6-15/h2-5H,6-11,15H2,1H3. The van der Waals surface area contributed by atoms with Gasteiger partial charge in [0.1, 0.15) is 12.4 Å². The summed E-state index contributed by atoms with van der Waals surface area (Å²) < 4.78 is 5.39. The molecule has 2 rings (SSSR count). The molecular weight excluding hydrogens is 242 g/mol. The van der Waals surface area contributed by atoms with Gasteiger partial charge in [0.05, 0.1) is 0 Å². The topological polar surface area (TPSA) is 58.8 Å². The van der Waals surface area contributed by atoms with E-state index in [2.05, 4.69) is 11.9 Å². The lowest BCUT2D eigenvalue weighted by molar-refractivity contribution is 0.0664. The number of ether oxygens (including phenoxy) is 1. The molecule has 0 spiro atoms. The van der Waals surface area contributed by atoms with Gasteiger partial charge in [-0.15, -0.1) is 0 Å². The van der Waals surface area contributed by atoms with E-state index in [1.165, 1.54) is 0 Å². The third-order valence-corrected chi connectivity index (χ3v) is 3.28. The number of carbonyl (C=O) groups excluding carboxylic acids is 1. The summed E-state index contributed by atoms with van der Waals surface area (Å²) in [5, 5.41) is 0. The van der Waals surface area contributed by atoms with Crippen molar-refractivity contribution in [2.24, 2.45) is 5.73 Å². The van der Waals surface area contributed by atoms with Crippen molar-refractivity contribution in [3.63, 3.8) is 0 Å². The van der Waals surface area contributed by atoms with E-state index in [1.54, 1.807) is 0 Å². The molecule has 1 aliphatic heterocycles. The van der Waals surface area contributed by atoms with Crippen LogP contribution in [0.15, 0.2) is 24.3 Å². The zero-order valence-corrected chi connectivity index (χ0v) is 11.3. The number of benzene rings is 1. The van der Waals surface area contributed by atoms with Crippen LogP contribution >= 0.6 is 0 Å². The summed E-state index contributed by atoms with van der Waals surface area (Å²) >= 11 is 0. The fourth-order valence-corrected chi connectivity index (χ4v) is 2.06. The van der Waals surface area contributed by atoms with Gasteiger partial charge in [0.25, 0.3) is 5.91 Å². The first kappa shape index (κ1) is 13.8. The van der Waals surface area contributed by atoms with E-state index in [0.29, 0.717) is 18.7 Å². The summed E-state index contributed by atoms with van der Waals surface area (Å²) in [4.78, 5) is 16.4. The Hall–Kier alpha value is -1.59. The monoisotopic (exact) mass is 263 g/mol. The SMILES string of the molecule is CN1CCN(C(=O)c2ccc(OCCN)cc2)CC1. The number of likely N-dealkylation sites (N-methyl/N-ethyl adjacent to an activating group) is 1. The van der Waals surface area contributed by atoms with Crippen LogP contribution in [0, 0.1) is 0 Å². The number of nitrogens with two attached hydrogens (primary N) is 1. The van der Waals surface area contributed by atoms with Crippen molar-refractivity contribution in [3.05, 3.63) is 29.8 Å². The lowest BCUT2D eigenvalue weighted by Crippen LogP contribution is -2.47. The Labute approximate surface area is 113 Å². The van der Waals surface area contributed by atoms with Crippen molar-refractivity contribution in [1.82, 2.24) is 9.80 Å². The lowest BCUT2D eigenvalue weighted by atomic mass is 10.1. The van der Waals surface area contributed by atoms with E-state index in [0.717, 1.165) is 31.9 Å². The minimum absolute atomic E-state index is 0.0958. The first-order valence-corrected chi connectivity index (χ1v) is 6.61. The first-order chi connectivity index (χ1) is 9.20. The van der Waals surface area contributed by atoms with Crippen LogP contribution in [0.1, 0.15) is 10.4 Å². The van der Waals surface area contributed by atoms with E-state index >= 15 is 0 Å². The average molecular weight is 263 g/mol. The Morgan fingerprint density at radius 2 is 1.84 bits per heavy atom. The Morgan fingerprint density at radius 1 is 1.21 bits per heavy atom. The molecule has 0 bridgehead atoms. The van der Waals surface area contributed by atoms with Crippen LogP contribution in [0.5, 0.6) is 5.75 Å². The number of hydrogen-bond donors (Lipinski definition) is 1. The van der Waals surface area contributed by atoms with Crippen LogP contribution in [0.4, 0.5) is 0 Å². The van der Waals surface area contributed by atoms with Gasteiger partial charge in [-0.1, -0.05) is 0 Å². The second kappa shape index (κ2) is 6.54. The maximum absolute atomic E-state index is 12.3. The maximum atomic E-state index is 12.3. The molecule has 1 aliphatic rings. The molecule has 0 saturated carbocycles. The van der Waals surface area contributed by atoms with Gasteiger partial charge in [0.2, 0.25) is 0 Å². The summed E-state index contributed by atoms with van der Waals surface area (Å²) in [6.07, 6.45) is 0. The average Bonchev–Trinajstić information content (AvgIpc) is 2.46. The van der Waals surface area contributed by atoms with Crippen molar-refractivity contribution in [2.75, 3.05) is 46.4 Å². The van der Waals surface area contributed by atoms with Crippen LogP contribution in [0.25, 0.3) is 0 Å². The van der Waals surface area contributed by atoms with Gasteiger partial charge in [-0.3, -0.25) is 4.79 Å². The fourth-order valence-electron chi connectivity index (χ4n) is 2.06. The van der Waals surface area contributed by atoms with Gasteiger partial charge in [-0.05, 0) is 31.3 Å². The van der Waals surface area contributed by atoms with Crippen LogP contribution < -0.4 is 10.5 Å². The predicted molar refractivity (Wildman–Crippen MR) is 74.4 cm³/mol. The van der Waals surface area contributed by atoms with Gasteiger partial charge in [0, 0.05) is 38.3 Å². The molecule has 1 amide bonds. The number of carbonyl (C=O) groups is 1. The Morgan fingerprint density at radius 3 is 2.42 bits per heavy atom. The quantitative estimate of drug-likeness (QED) is 0.855. The van der Waals surface area contributed by atoms with Crippen molar-refractivity contribution in [1.29, 1.82) is 0 Å². The second-order valence-corrected chi connectivity index (χ2v) is 4.76. The minimum Gasteiger partial charge on any atom is -0.492 e. The number of piperazine rings is 1. The third-order valence-electron chi connectivity index (χ3n) is 3.28. The summed E-state index contributed by atoms with van der Waals surface area (Å²) in [5.41, 5.74) is 6.09. The molecule has 0 aliphatic carbocycles. The molecule has 1 aromatic carbocycles. The highest BCUT2D eigenvalue weighted by Crippen LogP contribution is 2.14. The van der Waals surface area contributed by atoms with Gasteiger partial charge in [-0.2, -0.15) is 0 Å². The fraction of sp³-hybridized carbons (Fsp3) is 0.500. The van der Waals surface area contributed by atoms with Crippen molar-refractivity contribution in [3.8, 4) is 5.75 Å². The normalized spacial score (nSPS) is 16.4. The van der Waals surface area contributed by atoms with Gasteiger partial charge < -0.3 is 20.3 Å². The molecule has 1 fully saturated rings. The van der Waals surface area contributed by atoms with Crippen LogP contribution in [0.2, 0.25) is 0 Å². The summed E-state index contributed by atoms with van der Waals surface area (Å²) in [5.74, 6) is 0.846. The molecule has 5 nitrogen and oxygen atoms in total. The molecule has 1 heterocycles. The van der Waals surface area contributed by atoms with Crippen LogP contribution in [-0.4, -0.2) is 62.1 Å². The van der Waals surface area contributed by atoms with E-state index < -0.39 is 0 Å². The molecular formula is C14H21N3O2. The molecule has 0 atom stereocenters. The largest absolute Gasteiger partial charge is 0.492 e. The highest BCUT2D eigenvalue weighted by atomic mass is 16.5. The molecule has 0 radical (unpaired) electrons. The van der Waals surface area contributed by atoms with Crippen molar-refractivity contribution >= 4 is 5.91 Å². The summed E-state index contributed by atoms with van der Waals surface area (Å²) in [7, 11) is 2.07. The lowest BCUT2D eigenvalue weighted by Gasteiger charge is -2.32. The smallest absolute Gasteiger partial charge is 0.253 e. The summed E-state index contributed by atoms with van der Waals surface area (Å²) in [6, 6.07) is 7.26.